The number of benzene rings is 1. The zero-order valence-electron chi connectivity index (χ0n) is 16.5. The van der Waals surface area contributed by atoms with Crippen LogP contribution in [0, 0.1) is 0 Å². The molecule has 0 saturated carbocycles. The monoisotopic (exact) mass is 380 g/mol. The standard InChI is InChI=1S/C20H28O7/c1-18(2)23-11-15-16(26-18)17(20(25-15)12-24-19(3,4)27-20)22-10-13-6-8-14(21-5)9-7-13/h6-9,15-17H,10-12H2,1-5H3/t15?,16?,17-,20?/m0/s1. The fourth-order valence-corrected chi connectivity index (χ4v) is 3.82. The van der Waals surface area contributed by atoms with Gasteiger partial charge in [-0.1, -0.05) is 12.1 Å². The molecule has 0 bridgehead atoms. The summed E-state index contributed by atoms with van der Waals surface area (Å²) < 4.78 is 41.7. The second-order valence-corrected chi connectivity index (χ2v) is 8.13. The second-order valence-electron chi connectivity index (χ2n) is 8.13. The number of fused-ring (bicyclic) bond motifs is 1. The fraction of sp³-hybridized carbons (Fsp3) is 0.700. The molecular weight excluding hydrogens is 352 g/mol. The Morgan fingerprint density at radius 3 is 2.37 bits per heavy atom. The molecule has 4 rings (SSSR count). The Labute approximate surface area is 159 Å². The molecule has 3 aliphatic heterocycles. The van der Waals surface area contributed by atoms with Crippen molar-refractivity contribution in [1.82, 2.24) is 0 Å². The minimum Gasteiger partial charge on any atom is -0.497 e. The molecule has 1 aromatic rings. The van der Waals surface area contributed by atoms with Crippen LogP contribution in [0.3, 0.4) is 0 Å². The van der Waals surface area contributed by atoms with Crippen molar-refractivity contribution in [3.8, 4) is 5.75 Å². The Balaban J connectivity index is 1.55. The van der Waals surface area contributed by atoms with Crippen LogP contribution >= 0.6 is 0 Å². The number of ether oxygens (including phenoxy) is 7. The molecular formula is C20H28O7. The summed E-state index contributed by atoms with van der Waals surface area (Å²) in [6.07, 6.45) is -1.00. The maximum absolute atomic E-state index is 6.31. The molecule has 3 saturated heterocycles. The molecule has 7 heteroatoms. The molecule has 27 heavy (non-hydrogen) atoms. The van der Waals surface area contributed by atoms with Gasteiger partial charge in [-0.15, -0.1) is 0 Å². The Hall–Kier alpha value is -1.22. The molecule has 3 unspecified atom stereocenters. The molecule has 3 heterocycles. The summed E-state index contributed by atoms with van der Waals surface area (Å²) in [5, 5.41) is 0. The Kier molecular flexibility index (Phi) is 4.73. The fourth-order valence-electron chi connectivity index (χ4n) is 3.82. The van der Waals surface area contributed by atoms with Crippen LogP contribution in [-0.2, 0) is 35.0 Å². The van der Waals surface area contributed by atoms with Gasteiger partial charge < -0.3 is 33.2 Å². The largest absolute Gasteiger partial charge is 0.497 e. The van der Waals surface area contributed by atoms with E-state index in [1.807, 2.05) is 52.0 Å². The Morgan fingerprint density at radius 2 is 1.74 bits per heavy atom. The van der Waals surface area contributed by atoms with Gasteiger partial charge in [0.2, 0.25) is 5.79 Å². The minimum absolute atomic E-state index is 0.267. The predicted octanol–water partition coefficient (Wildman–Crippen LogP) is 2.61. The van der Waals surface area contributed by atoms with Crippen LogP contribution in [-0.4, -0.2) is 56.0 Å². The van der Waals surface area contributed by atoms with Crippen molar-refractivity contribution in [3.05, 3.63) is 29.8 Å². The van der Waals surface area contributed by atoms with Gasteiger partial charge in [0.15, 0.2) is 11.6 Å². The van der Waals surface area contributed by atoms with Crippen molar-refractivity contribution >= 4 is 0 Å². The van der Waals surface area contributed by atoms with Gasteiger partial charge in [0, 0.05) is 0 Å². The lowest BCUT2D eigenvalue weighted by atomic mass is 10.0. The molecule has 1 aromatic carbocycles. The first-order valence-electron chi connectivity index (χ1n) is 9.30. The summed E-state index contributed by atoms with van der Waals surface area (Å²) >= 11 is 0. The molecule has 3 aliphatic rings. The van der Waals surface area contributed by atoms with Gasteiger partial charge in [-0.3, -0.25) is 0 Å². The number of methoxy groups -OCH3 is 1. The molecule has 0 aliphatic carbocycles. The lowest BCUT2D eigenvalue weighted by Gasteiger charge is -2.38. The van der Waals surface area contributed by atoms with Gasteiger partial charge in [-0.05, 0) is 45.4 Å². The van der Waals surface area contributed by atoms with Crippen LogP contribution in [0.5, 0.6) is 5.75 Å². The van der Waals surface area contributed by atoms with E-state index in [2.05, 4.69) is 0 Å². The van der Waals surface area contributed by atoms with Crippen LogP contribution in [0.4, 0.5) is 0 Å². The normalized spacial score (nSPS) is 36.7. The summed E-state index contributed by atoms with van der Waals surface area (Å²) in [5.41, 5.74) is 1.03. The van der Waals surface area contributed by atoms with Gasteiger partial charge in [-0.25, -0.2) is 0 Å². The van der Waals surface area contributed by atoms with Crippen molar-refractivity contribution in [2.24, 2.45) is 0 Å². The van der Waals surface area contributed by atoms with E-state index >= 15 is 0 Å². The summed E-state index contributed by atoms with van der Waals surface area (Å²) in [5.74, 6) is -1.64. The molecule has 0 radical (unpaired) electrons. The van der Waals surface area contributed by atoms with Crippen molar-refractivity contribution in [2.75, 3.05) is 20.3 Å². The average molecular weight is 380 g/mol. The molecule has 0 aromatic heterocycles. The molecule has 3 fully saturated rings. The van der Waals surface area contributed by atoms with Crippen LogP contribution in [0.25, 0.3) is 0 Å². The first kappa shape index (κ1) is 19.1. The highest BCUT2D eigenvalue weighted by atomic mass is 16.9. The van der Waals surface area contributed by atoms with Crippen molar-refractivity contribution in [2.45, 2.75) is 70.0 Å². The van der Waals surface area contributed by atoms with Crippen LogP contribution in [0.15, 0.2) is 24.3 Å². The van der Waals surface area contributed by atoms with Crippen molar-refractivity contribution in [3.63, 3.8) is 0 Å². The molecule has 0 N–H and O–H groups in total. The Bertz CT molecular complexity index is 669. The van der Waals surface area contributed by atoms with E-state index in [1.54, 1.807) is 7.11 Å². The first-order chi connectivity index (χ1) is 12.7. The van der Waals surface area contributed by atoms with E-state index in [9.17, 15) is 0 Å². The van der Waals surface area contributed by atoms with E-state index in [1.165, 1.54) is 0 Å². The smallest absolute Gasteiger partial charge is 0.224 e. The number of rotatable bonds is 4. The van der Waals surface area contributed by atoms with Crippen LogP contribution in [0.1, 0.15) is 33.3 Å². The second kappa shape index (κ2) is 6.69. The maximum Gasteiger partial charge on any atom is 0.224 e. The topological polar surface area (TPSA) is 64.6 Å². The van der Waals surface area contributed by atoms with Crippen LogP contribution in [0.2, 0.25) is 0 Å². The van der Waals surface area contributed by atoms with E-state index in [0.717, 1.165) is 11.3 Å². The quantitative estimate of drug-likeness (QED) is 0.795. The SMILES string of the molecule is COc1ccc(CO[C@H]2C3OC(C)(C)OCC3OC23COC(C)(C)O3)cc1. The summed E-state index contributed by atoms with van der Waals surface area (Å²) in [7, 11) is 1.65. The van der Waals surface area contributed by atoms with E-state index in [0.29, 0.717) is 13.2 Å². The van der Waals surface area contributed by atoms with Gasteiger partial charge in [-0.2, -0.15) is 0 Å². The summed E-state index contributed by atoms with van der Waals surface area (Å²) in [6.45, 7) is 8.63. The molecule has 7 nitrogen and oxygen atoms in total. The minimum atomic E-state index is -1.00. The molecule has 0 amide bonds. The first-order valence-corrected chi connectivity index (χ1v) is 9.30. The van der Waals surface area contributed by atoms with Gasteiger partial charge in [0.05, 0.1) is 20.3 Å². The number of hydrogen-bond donors (Lipinski definition) is 0. The average Bonchev–Trinajstić information content (AvgIpc) is 3.08. The van der Waals surface area contributed by atoms with Gasteiger partial charge in [0.1, 0.15) is 30.7 Å². The van der Waals surface area contributed by atoms with E-state index < -0.39 is 23.5 Å². The summed E-state index contributed by atoms with van der Waals surface area (Å²) in [4.78, 5) is 0. The predicted molar refractivity (Wildman–Crippen MR) is 95.2 cm³/mol. The highest BCUT2D eigenvalue weighted by Gasteiger charge is 2.65. The van der Waals surface area contributed by atoms with E-state index in [4.69, 9.17) is 33.2 Å². The zero-order valence-corrected chi connectivity index (χ0v) is 16.5. The lowest BCUT2D eigenvalue weighted by molar-refractivity contribution is -0.304. The lowest BCUT2D eigenvalue weighted by Crippen LogP contribution is -2.53. The van der Waals surface area contributed by atoms with Gasteiger partial charge in [0.25, 0.3) is 0 Å². The zero-order chi connectivity index (χ0) is 19.3. The number of hydrogen-bond acceptors (Lipinski definition) is 7. The third-order valence-electron chi connectivity index (χ3n) is 5.09. The van der Waals surface area contributed by atoms with Gasteiger partial charge >= 0.3 is 0 Å². The third-order valence-corrected chi connectivity index (χ3v) is 5.09. The van der Waals surface area contributed by atoms with E-state index in [-0.39, 0.29) is 18.8 Å². The molecule has 150 valence electrons. The maximum atomic E-state index is 6.31. The van der Waals surface area contributed by atoms with Crippen molar-refractivity contribution < 1.29 is 33.2 Å². The highest BCUT2D eigenvalue weighted by molar-refractivity contribution is 5.26. The molecule has 1 spiro atoms. The third kappa shape index (κ3) is 3.72. The molecule has 4 atom stereocenters. The summed E-state index contributed by atoms with van der Waals surface area (Å²) in [6, 6.07) is 7.77. The highest BCUT2D eigenvalue weighted by Crippen LogP contribution is 2.46. The van der Waals surface area contributed by atoms with Crippen molar-refractivity contribution in [1.29, 1.82) is 0 Å². The Morgan fingerprint density at radius 1 is 1.00 bits per heavy atom. The van der Waals surface area contributed by atoms with Crippen LogP contribution < -0.4 is 4.74 Å².